The Bertz CT molecular complexity index is 1100. The first-order valence-corrected chi connectivity index (χ1v) is 16.0. The zero-order valence-corrected chi connectivity index (χ0v) is 24.6. The van der Waals surface area contributed by atoms with Crippen molar-refractivity contribution in [2.75, 3.05) is 13.2 Å². The molecular formula is C36H48F2O2. The topological polar surface area (TPSA) is 18.5 Å². The summed E-state index contributed by atoms with van der Waals surface area (Å²) >= 11 is 0. The summed E-state index contributed by atoms with van der Waals surface area (Å²) in [7, 11) is 0. The van der Waals surface area contributed by atoms with E-state index in [4.69, 9.17) is 9.47 Å². The van der Waals surface area contributed by atoms with Crippen LogP contribution in [0.15, 0.2) is 48.6 Å². The molecule has 0 N–H and O–H groups in total. The van der Waals surface area contributed by atoms with Crippen molar-refractivity contribution in [1.82, 2.24) is 0 Å². The first-order chi connectivity index (χ1) is 19.5. The van der Waals surface area contributed by atoms with Crippen molar-refractivity contribution in [3.63, 3.8) is 0 Å². The van der Waals surface area contributed by atoms with Crippen molar-refractivity contribution in [3.05, 3.63) is 71.3 Å². The normalized spacial score (nSPS) is 28.8. The molecule has 0 aromatic heterocycles. The molecule has 4 heteroatoms. The van der Waals surface area contributed by atoms with Crippen LogP contribution in [0.4, 0.5) is 8.78 Å². The molecule has 3 fully saturated rings. The average molecular weight is 551 g/mol. The number of aryl methyl sites for hydroxylation is 1. The minimum absolute atomic E-state index is 0.0162. The van der Waals surface area contributed by atoms with Crippen molar-refractivity contribution in [2.45, 2.75) is 96.8 Å². The van der Waals surface area contributed by atoms with Gasteiger partial charge < -0.3 is 9.47 Å². The highest BCUT2D eigenvalue weighted by Gasteiger charge is 2.35. The summed E-state index contributed by atoms with van der Waals surface area (Å²) in [5.74, 6) is 2.35. The summed E-state index contributed by atoms with van der Waals surface area (Å²) in [5.41, 5.74) is 3.04. The number of hydrogen-bond acceptors (Lipinski definition) is 2. The van der Waals surface area contributed by atoms with E-state index in [0.29, 0.717) is 25.0 Å². The molecule has 0 aliphatic heterocycles. The maximum atomic E-state index is 14.3. The molecule has 0 spiro atoms. The van der Waals surface area contributed by atoms with Crippen LogP contribution in [-0.2, 0) is 6.42 Å². The van der Waals surface area contributed by atoms with Crippen LogP contribution in [0.5, 0.6) is 11.5 Å². The van der Waals surface area contributed by atoms with E-state index in [2.05, 4.69) is 43.3 Å². The Labute approximate surface area is 240 Å². The van der Waals surface area contributed by atoms with Gasteiger partial charge in [-0.15, -0.1) is 0 Å². The summed E-state index contributed by atoms with van der Waals surface area (Å²) in [6.45, 7) is 4.74. The molecule has 0 radical (unpaired) electrons. The number of benzene rings is 2. The third-order valence-electron chi connectivity index (χ3n) is 9.98. The van der Waals surface area contributed by atoms with Crippen molar-refractivity contribution in [3.8, 4) is 11.5 Å². The lowest BCUT2D eigenvalue weighted by molar-refractivity contribution is 0.133. The van der Waals surface area contributed by atoms with Crippen LogP contribution in [0.1, 0.15) is 102 Å². The summed E-state index contributed by atoms with van der Waals surface area (Å²) in [4.78, 5) is 0. The lowest BCUT2D eigenvalue weighted by Crippen LogP contribution is -2.30. The van der Waals surface area contributed by atoms with Crippen LogP contribution in [0.25, 0.3) is 0 Å². The van der Waals surface area contributed by atoms with E-state index in [-0.39, 0.29) is 11.5 Å². The zero-order chi connectivity index (χ0) is 27.9. The maximum absolute atomic E-state index is 14.3. The van der Waals surface area contributed by atoms with Gasteiger partial charge in [-0.05, 0) is 136 Å². The van der Waals surface area contributed by atoms with Crippen LogP contribution < -0.4 is 9.47 Å². The second-order valence-electron chi connectivity index (χ2n) is 12.7. The Morgan fingerprint density at radius 1 is 0.700 bits per heavy atom. The predicted molar refractivity (Wildman–Crippen MR) is 159 cm³/mol. The molecule has 0 heterocycles. The highest BCUT2D eigenvalue weighted by Crippen LogP contribution is 2.48. The molecule has 0 saturated heterocycles. The predicted octanol–water partition coefficient (Wildman–Crippen LogP) is 10.1. The molecule has 40 heavy (non-hydrogen) atoms. The van der Waals surface area contributed by atoms with Gasteiger partial charge in [0, 0.05) is 0 Å². The van der Waals surface area contributed by atoms with Crippen molar-refractivity contribution >= 4 is 0 Å². The molecule has 3 saturated carbocycles. The molecular weight excluding hydrogens is 502 g/mol. The quantitative estimate of drug-likeness (QED) is 0.274. The summed E-state index contributed by atoms with van der Waals surface area (Å²) in [5, 5.41) is 0. The van der Waals surface area contributed by atoms with Gasteiger partial charge in [0.2, 0.25) is 11.6 Å². The largest absolute Gasteiger partial charge is 0.491 e. The number of halogens is 2. The lowest BCUT2D eigenvalue weighted by atomic mass is 9.63. The minimum Gasteiger partial charge on any atom is -0.491 e. The van der Waals surface area contributed by atoms with Crippen molar-refractivity contribution < 1.29 is 18.3 Å². The molecule has 3 aliphatic rings. The maximum Gasteiger partial charge on any atom is 0.204 e. The Morgan fingerprint density at radius 2 is 1.32 bits per heavy atom. The first kappa shape index (κ1) is 29.1. The Kier molecular flexibility index (Phi) is 10.2. The van der Waals surface area contributed by atoms with Crippen LogP contribution in [0.2, 0.25) is 0 Å². The smallest absolute Gasteiger partial charge is 0.204 e. The van der Waals surface area contributed by atoms with Crippen LogP contribution in [0.3, 0.4) is 0 Å². The lowest BCUT2D eigenvalue weighted by Gasteiger charge is -2.42. The monoisotopic (exact) mass is 550 g/mol. The second kappa shape index (κ2) is 14.0. The fourth-order valence-electron chi connectivity index (χ4n) is 7.61. The van der Waals surface area contributed by atoms with Crippen molar-refractivity contribution in [2.24, 2.45) is 29.6 Å². The average Bonchev–Trinajstić information content (AvgIpc) is 2.99. The van der Waals surface area contributed by atoms with Gasteiger partial charge in [-0.2, -0.15) is 8.78 Å². The van der Waals surface area contributed by atoms with Gasteiger partial charge >= 0.3 is 0 Å². The molecule has 5 rings (SSSR count). The fourth-order valence-corrected chi connectivity index (χ4v) is 7.61. The zero-order valence-electron chi connectivity index (χ0n) is 24.6. The van der Waals surface area contributed by atoms with Gasteiger partial charge in [0.05, 0.1) is 13.2 Å². The number of fused-ring (bicyclic) bond motifs is 1. The van der Waals surface area contributed by atoms with Gasteiger partial charge in [-0.25, -0.2) is 0 Å². The molecule has 3 aliphatic carbocycles. The number of rotatable bonds is 10. The van der Waals surface area contributed by atoms with E-state index in [0.717, 1.165) is 49.4 Å². The van der Waals surface area contributed by atoms with Crippen LogP contribution in [-0.4, -0.2) is 13.2 Å². The van der Waals surface area contributed by atoms with Crippen LogP contribution in [0, 0.1) is 41.2 Å². The SMILES string of the molecule is CCCc1ccc(C2CCC3CC(/C=C/C4CCC(COc5ccc(OCC)c(F)c5F)CC4)CCC3C2)cc1. The first-order valence-electron chi connectivity index (χ1n) is 16.0. The fraction of sp³-hybridized carbons (Fsp3) is 0.611. The second-order valence-corrected chi connectivity index (χ2v) is 12.7. The Hall–Kier alpha value is -2.36. The summed E-state index contributed by atoms with van der Waals surface area (Å²) in [6, 6.07) is 12.5. The number of hydrogen-bond donors (Lipinski definition) is 0. The molecule has 4 unspecified atom stereocenters. The van der Waals surface area contributed by atoms with Gasteiger partial charge in [0.1, 0.15) is 0 Å². The van der Waals surface area contributed by atoms with E-state index in [1.54, 1.807) is 12.5 Å². The van der Waals surface area contributed by atoms with E-state index in [1.165, 1.54) is 69.1 Å². The van der Waals surface area contributed by atoms with Gasteiger partial charge in [-0.1, -0.05) is 49.8 Å². The van der Waals surface area contributed by atoms with E-state index in [1.807, 2.05) is 0 Å². The van der Waals surface area contributed by atoms with E-state index >= 15 is 0 Å². The summed E-state index contributed by atoms with van der Waals surface area (Å²) < 4.78 is 39.3. The molecule has 218 valence electrons. The highest BCUT2D eigenvalue weighted by atomic mass is 19.2. The van der Waals surface area contributed by atoms with Crippen LogP contribution >= 0.6 is 0 Å². The van der Waals surface area contributed by atoms with Gasteiger partial charge in [-0.3, -0.25) is 0 Å². The minimum atomic E-state index is -0.965. The van der Waals surface area contributed by atoms with Crippen molar-refractivity contribution in [1.29, 1.82) is 0 Å². The number of allylic oxidation sites excluding steroid dienone is 2. The van der Waals surface area contributed by atoms with Gasteiger partial charge in [0.15, 0.2) is 11.5 Å². The highest BCUT2D eigenvalue weighted by molar-refractivity contribution is 5.35. The molecule has 4 atom stereocenters. The van der Waals surface area contributed by atoms with E-state index < -0.39 is 11.6 Å². The standard InChI is InChI=1S/C36H48F2O2/c1-3-5-25-12-15-29(16-13-25)31-19-18-30-22-27(14-17-32(30)23-31)9-6-26-7-10-28(11-8-26)24-40-34-21-20-33(39-4-2)35(37)36(34)38/h6,9,12-13,15-16,20-21,26-28,30-32H,3-5,7-8,10-11,14,17-19,22-24H2,1-2H3/b9-6+. The molecule has 0 bridgehead atoms. The third kappa shape index (κ3) is 7.28. The molecule has 2 aromatic carbocycles. The molecule has 2 aromatic rings. The van der Waals surface area contributed by atoms with E-state index in [9.17, 15) is 8.78 Å². The van der Waals surface area contributed by atoms with Gasteiger partial charge in [0.25, 0.3) is 0 Å². The Morgan fingerprint density at radius 3 is 2.02 bits per heavy atom. The number of ether oxygens (including phenoxy) is 2. The molecule has 2 nitrogen and oxygen atoms in total. The Balaban J connectivity index is 1.03. The summed E-state index contributed by atoms with van der Waals surface area (Å²) in [6.07, 6.45) is 20.1. The third-order valence-corrected chi connectivity index (χ3v) is 9.98. The molecule has 0 amide bonds.